The van der Waals surface area contributed by atoms with E-state index < -0.39 is 0 Å². The zero-order valence-corrected chi connectivity index (χ0v) is 12.0. The van der Waals surface area contributed by atoms with E-state index in [1.807, 2.05) is 18.3 Å². The summed E-state index contributed by atoms with van der Waals surface area (Å²) in [5.41, 5.74) is 0.875. The fraction of sp³-hybridized carbons (Fsp3) is 0.538. The summed E-state index contributed by atoms with van der Waals surface area (Å²) in [5.74, 6) is 2.32. The van der Waals surface area contributed by atoms with Crippen LogP contribution in [0.25, 0.3) is 5.65 Å². The van der Waals surface area contributed by atoms with Gasteiger partial charge in [-0.2, -0.15) is 4.98 Å². The van der Waals surface area contributed by atoms with Gasteiger partial charge in [-0.25, -0.2) is 4.52 Å². The lowest BCUT2D eigenvalue weighted by Crippen LogP contribution is -2.17. The van der Waals surface area contributed by atoms with Gasteiger partial charge in [0, 0.05) is 17.2 Å². The molecule has 96 valence electrons. The SMILES string of the molecule is CC1CCCC1CNc1nc2ccc(Br)cn2n1. The van der Waals surface area contributed by atoms with Gasteiger partial charge >= 0.3 is 0 Å². The van der Waals surface area contributed by atoms with Gasteiger partial charge in [0.15, 0.2) is 5.65 Å². The summed E-state index contributed by atoms with van der Waals surface area (Å²) in [6, 6.07) is 3.94. The zero-order valence-electron chi connectivity index (χ0n) is 10.4. The standard InChI is InChI=1S/C13H17BrN4/c1-9-3-2-4-10(9)7-15-13-16-12-6-5-11(14)8-18(12)17-13/h5-6,8-10H,2-4,7H2,1H3,(H,15,17). The van der Waals surface area contributed by atoms with E-state index in [0.717, 1.165) is 34.4 Å². The second-order valence-electron chi connectivity index (χ2n) is 5.13. The van der Waals surface area contributed by atoms with Crippen LogP contribution >= 0.6 is 15.9 Å². The number of aromatic nitrogens is 3. The number of hydrogen-bond acceptors (Lipinski definition) is 3. The van der Waals surface area contributed by atoms with Crippen LogP contribution in [0.3, 0.4) is 0 Å². The van der Waals surface area contributed by atoms with E-state index in [2.05, 4.69) is 38.3 Å². The van der Waals surface area contributed by atoms with Crippen LogP contribution < -0.4 is 5.32 Å². The monoisotopic (exact) mass is 308 g/mol. The normalized spacial score (nSPS) is 23.7. The van der Waals surface area contributed by atoms with Crippen LogP contribution in [0.2, 0.25) is 0 Å². The Morgan fingerprint density at radius 2 is 2.33 bits per heavy atom. The minimum absolute atomic E-state index is 0.729. The van der Waals surface area contributed by atoms with E-state index in [-0.39, 0.29) is 0 Å². The molecule has 18 heavy (non-hydrogen) atoms. The highest BCUT2D eigenvalue weighted by Gasteiger charge is 2.23. The van der Waals surface area contributed by atoms with Crippen molar-refractivity contribution in [3.05, 3.63) is 22.8 Å². The van der Waals surface area contributed by atoms with Gasteiger partial charge in [-0.05, 0) is 46.3 Å². The summed E-state index contributed by atoms with van der Waals surface area (Å²) < 4.78 is 2.81. The molecule has 1 fully saturated rings. The third-order valence-electron chi connectivity index (χ3n) is 3.86. The first kappa shape index (κ1) is 12.0. The number of rotatable bonds is 3. The number of nitrogens with one attached hydrogen (secondary N) is 1. The van der Waals surface area contributed by atoms with Gasteiger partial charge in [0.05, 0.1) is 0 Å². The maximum absolute atomic E-state index is 4.46. The fourth-order valence-electron chi connectivity index (χ4n) is 2.68. The van der Waals surface area contributed by atoms with Crippen molar-refractivity contribution in [2.45, 2.75) is 26.2 Å². The molecule has 1 N–H and O–H groups in total. The summed E-state index contributed by atoms with van der Waals surface area (Å²) in [6.45, 7) is 3.33. The molecule has 0 amide bonds. The number of anilines is 1. The molecule has 1 aliphatic carbocycles. The molecule has 5 heteroatoms. The highest BCUT2D eigenvalue weighted by molar-refractivity contribution is 9.10. The molecule has 3 rings (SSSR count). The van der Waals surface area contributed by atoms with Crippen LogP contribution in [0.1, 0.15) is 26.2 Å². The van der Waals surface area contributed by atoms with Gasteiger partial charge in [-0.15, -0.1) is 5.10 Å². The zero-order chi connectivity index (χ0) is 12.5. The first-order chi connectivity index (χ1) is 8.72. The van der Waals surface area contributed by atoms with Crippen LogP contribution in [0.15, 0.2) is 22.8 Å². The molecule has 2 unspecified atom stereocenters. The Balaban J connectivity index is 1.71. The molecule has 0 spiro atoms. The number of hydrogen-bond donors (Lipinski definition) is 1. The predicted octanol–water partition coefficient (Wildman–Crippen LogP) is 3.34. The Morgan fingerprint density at radius 1 is 1.44 bits per heavy atom. The predicted molar refractivity (Wildman–Crippen MR) is 75.7 cm³/mol. The highest BCUT2D eigenvalue weighted by Crippen LogP contribution is 2.30. The second kappa shape index (κ2) is 4.88. The van der Waals surface area contributed by atoms with Gasteiger partial charge in [-0.3, -0.25) is 0 Å². The first-order valence-corrected chi connectivity index (χ1v) is 7.27. The van der Waals surface area contributed by atoms with E-state index in [1.165, 1.54) is 19.3 Å². The third-order valence-corrected chi connectivity index (χ3v) is 4.33. The summed E-state index contributed by atoms with van der Waals surface area (Å²) in [6.07, 6.45) is 5.97. The van der Waals surface area contributed by atoms with Crippen LogP contribution in [-0.4, -0.2) is 21.1 Å². The summed E-state index contributed by atoms with van der Waals surface area (Å²) in [4.78, 5) is 4.46. The van der Waals surface area contributed by atoms with Crippen molar-refractivity contribution in [3.63, 3.8) is 0 Å². The minimum Gasteiger partial charge on any atom is -0.353 e. The van der Waals surface area contributed by atoms with E-state index in [4.69, 9.17) is 0 Å². The third kappa shape index (κ3) is 2.36. The molecule has 0 saturated heterocycles. The molecule has 1 aliphatic rings. The van der Waals surface area contributed by atoms with Gasteiger partial charge < -0.3 is 5.32 Å². The number of nitrogens with zero attached hydrogens (tertiary/aromatic N) is 3. The lowest BCUT2D eigenvalue weighted by atomic mass is 9.98. The quantitative estimate of drug-likeness (QED) is 0.945. The van der Waals surface area contributed by atoms with Crippen molar-refractivity contribution in [2.24, 2.45) is 11.8 Å². The average Bonchev–Trinajstić information content (AvgIpc) is 2.92. The van der Waals surface area contributed by atoms with E-state index >= 15 is 0 Å². The molecule has 0 bridgehead atoms. The van der Waals surface area contributed by atoms with Crippen molar-refractivity contribution in [1.29, 1.82) is 0 Å². The van der Waals surface area contributed by atoms with Crippen molar-refractivity contribution < 1.29 is 0 Å². The molecule has 2 heterocycles. The lowest BCUT2D eigenvalue weighted by Gasteiger charge is -2.14. The Kier molecular flexibility index (Phi) is 3.24. The van der Waals surface area contributed by atoms with Gasteiger partial charge in [0.2, 0.25) is 5.95 Å². The van der Waals surface area contributed by atoms with Crippen molar-refractivity contribution in [3.8, 4) is 0 Å². The largest absolute Gasteiger partial charge is 0.353 e. The summed E-state index contributed by atoms with van der Waals surface area (Å²) in [5, 5.41) is 7.79. The van der Waals surface area contributed by atoms with Crippen LogP contribution in [0.4, 0.5) is 5.95 Å². The summed E-state index contributed by atoms with van der Waals surface area (Å²) >= 11 is 3.43. The fourth-order valence-corrected chi connectivity index (χ4v) is 3.01. The van der Waals surface area contributed by atoms with E-state index in [9.17, 15) is 0 Å². The lowest BCUT2D eigenvalue weighted by molar-refractivity contribution is 0.439. The molecule has 0 radical (unpaired) electrons. The molecular weight excluding hydrogens is 292 g/mol. The molecule has 2 aromatic rings. The average molecular weight is 309 g/mol. The second-order valence-corrected chi connectivity index (χ2v) is 6.05. The van der Waals surface area contributed by atoms with Gasteiger partial charge in [0.25, 0.3) is 0 Å². The molecule has 2 aromatic heterocycles. The number of halogens is 1. The highest BCUT2D eigenvalue weighted by atomic mass is 79.9. The van der Waals surface area contributed by atoms with Crippen LogP contribution in [0.5, 0.6) is 0 Å². The molecule has 0 aliphatic heterocycles. The topological polar surface area (TPSA) is 42.2 Å². The number of pyridine rings is 1. The maximum Gasteiger partial charge on any atom is 0.243 e. The molecule has 2 atom stereocenters. The Morgan fingerprint density at radius 3 is 3.11 bits per heavy atom. The Hall–Kier alpha value is -1.10. The van der Waals surface area contributed by atoms with Crippen molar-refractivity contribution in [1.82, 2.24) is 14.6 Å². The Labute approximate surface area is 115 Å². The van der Waals surface area contributed by atoms with Crippen molar-refractivity contribution in [2.75, 3.05) is 11.9 Å². The molecule has 0 aromatic carbocycles. The first-order valence-electron chi connectivity index (χ1n) is 6.48. The summed E-state index contributed by atoms with van der Waals surface area (Å²) in [7, 11) is 0. The molecule has 1 saturated carbocycles. The maximum atomic E-state index is 4.46. The van der Waals surface area contributed by atoms with Gasteiger partial charge in [-0.1, -0.05) is 19.8 Å². The van der Waals surface area contributed by atoms with Crippen LogP contribution in [-0.2, 0) is 0 Å². The van der Waals surface area contributed by atoms with E-state index in [0.29, 0.717) is 0 Å². The molecular formula is C13H17BrN4. The smallest absolute Gasteiger partial charge is 0.243 e. The van der Waals surface area contributed by atoms with E-state index in [1.54, 1.807) is 4.52 Å². The Bertz CT molecular complexity index is 551. The van der Waals surface area contributed by atoms with Crippen molar-refractivity contribution >= 4 is 27.5 Å². The number of fused-ring (bicyclic) bond motifs is 1. The molecule has 4 nitrogen and oxygen atoms in total. The van der Waals surface area contributed by atoms with Crippen LogP contribution in [0, 0.1) is 11.8 Å². The van der Waals surface area contributed by atoms with Gasteiger partial charge in [0.1, 0.15) is 0 Å². The minimum atomic E-state index is 0.729.